The summed E-state index contributed by atoms with van der Waals surface area (Å²) in [5.41, 5.74) is 1.09. The van der Waals surface area contributed by atoms with Crippen LogP contribution < -0.4 is 9.47 Å². The van der Waals surface area contributed by atoms with Crippen molar-refractivity contribution in [3.05, 3.63) is 23.8 Å². The molecule has 20 heavy (non-hydrogen) atoms. The minimum atomic E-state index is -0.732. The van der Waals surface area contributed by atoms with Gasteiger partial charge in [-0.15, -0.1) is 0 Å². The fourth-order valence-corrected chi connectivity index (χ4v) is 2.01. The smallest absolute Gasteiger partial charge is 0.303 e. The molecule has 0 aliphatic rings. The van der Waals surface area contributed by atoms with Crippen LogP contribution in [0, 0.1) is 0 Å². The van der Waals surface area contributed by atoms with Gasteiger partial charge in [0.05, 0.1) is 14.2 Å². The molecule has 0 aliphatic carbocycles. The number of rotatable bonds is 9. The van der Waals surface area contributed by atoms with E-state index >= 15 is 0 Å². The molecule has 1 rings (SSSR count). The fraction of sp³-hybridized carbons (Fsp3) is 0.533. The molecular formula is C15H23NO4. The fourth-order valence-electron chi connectivity index (χ4n) is 2.01. The van der Waals surface area contributed by atoms with E-state index in [9.17, 15) is 4.79 Å². The molecule has 0 radical (unpaired) electrons. The lowest BCUT2D eigenvalue weighted by atomic mass is 10.1. The number of aliphatic carboxylic acids is 1. The normalized spacial score (nSPS) is 10.6. The number of carbonyl (C=O) groups is 1. The van der Waals surface area contributed by atoms with E-state index in [0.717, 1.165) is 36.6 Å². The molecule has 5 heteroatoms. The molecule has 0 amide bonds. The first-order valence-electron chi connectivity index (χ1n) is 6.68. The molecule has 0 aliphatic heterocycles. The molecule has 0 saturated carbocycles. The third kappa shape index (κ3) is 5.48. The predicted molar refractivity (Wildman–Crippen MR) is 77.4 cm³/mol. The molecule has 0 heterocycles. The van der Waals surface area contributed by atoms with Crippen LogP contribution in [-0.4, -0.2) is 43.8 Å². The molecule has 1 N–H and O–H groups in total. The third-order valence-corrected chi connectivity index (χ3v) is 3.11. The molecule has 5 nitrogen and oxygen atoms in total. The Morgan fingerprint density at radius 2 is 2.00 bits per heavy atom. The van der Waals surface area contributed by atoms with Gasteiger partial charge < -0.3 is 19.5 Å². The summed E-state index contributed by atoms with van der Waals surface area (Å²) in [6.45, 7) is 1.63. The maximum atomic E-state index is 10.4. The van der Waals surface area contributed by atoms with Gasteiger partial charge in [0.2, 0.25) is 0 Å². The Labute approximate surface area is 120 Å². The average molecular weight is 281 g/mol. The third-order valence-electron chi connectivity index (χ3n) is 3.11. The molecule has 1 aromatic rings. The Bertz CT molecular complexity index is 434. The van der Waals surface area contributed by atoms with Gasteiger partial charge in [0.25, 0.3) is 0 Å². The van der Waals surface area contributed by atoms with Crippen LogP contribution >= 0.6 is 0 Å². The summed E-state index contributed by atoms with van der Waals surface area (Å²) in [6, 6.07) is 5.77. The van der Waals surface area contributed by atoms with Gasteiger partial charge in [-0.1, -0.05) is 6.07 Å². The molecular weight excluding hydrogens is 258 g/mol. The van der Waals surface area contributed by atoms with Crippen LogP contribution in [0.15, 0.2) is 18.2 Å². The van der Waals surface area contributed by atoms with E-state index in [2.05, 4.69) is 4.90 Å². The van der Waals surface area contributed by atoms with Gasteiger partial charge in [0.15, 0.2) is 0 Å². The molecule has 1 aromatic carbocycles. The van der Waals surface area contributed by atoms with Crippen LogP contribution in [-0.2, 0) is 11.3 Å². The van der Waals surface area contributed by atoms with Crippen LogP contribution in [0.4, 0.5) is 0 Å². The monoisotopic (exact) mass is 281 g/mol. The van der Waals surface area contributed by atoms with Gasteiger partial charge in [-0.2, -0.15) is 0 Å². The Morgan fingerprint density at radius 1 is 1.25 bits per heavy atom. The van der Waals surface area contributed by atoms with Crippen molar-refractivity contribution >= 4 is 5.97 Å². The number of hydrogen-bond acceptors (Lipinski definition) is 4. The second-order valence-corrected chi connectivity index (χ2v) is 4.77. The number of ether oxygens (including phenoxy) is 2. The zero-order chi connectivity index (χ0) is 15.0. The summed E-state index contributed by atoms with van der Waals surface area (Å²) in [5.74, 6) is 0.848. The minimum Gasteiger partial charge on any atom is -0.497 e. The van der Waals surface area contributed by atoms with Crippen LogP contribution in [0.3, 0.4) is 0 Å². The summed E-state index contributed by atoms with van der Waals surface area (Å²) in [6.07, 6.45) is 1.82. The standard InChI is InChI=1S/C15H23NO4/c1-16(9-5-4-6-15(17)18)11-12-7-8-13(19-2)10-14(12)20-3/h7-8,10H,4-6,9,11H2,1-3H3,(H,17,18). The first-order chi connectivity index (χ1) is 9.56. The molecule has 0 aromatic heterocycles. The highest BCUT2D eigenvalue weighted by atomic mass is 16.5. The van der Waals surface area contributed by atoms with E-state index in [-0.39, 0.29) is 6.42 Å². The highest BCUT2D eigenvalue weighted by Gasteiger charge is 2.08. The lowest BCUT2D eigenvalue weighted by Crippen LogP contribution is -2.19. The van der Waals surface area contributed by atoms with Crippen molar-refractivity contribution in [1.29, 1.82) is 0 Å². The first-order valence-corrected chi connectivity index (χ1v) is 6.68. The summed E-state index contributed by atoms with van der Waals surface area (Å²) in [5, 5.41) is 8.59. The van der Waals surface area contributed by atoms with E-state index in [0.29, 0.717) is 6.42 Å². The Kier molecular flexibility index (Phi) is 6.87. The lowest BCUT2D eigenvalue weighted by molar-refractivity contribution is -0.137. The zero-order valence-electron chi connectivity index (χ0n) is 12.4. The van der Waals surface area contributed by atoms with Gasteiger partial charge in [-0.05, 0) is 32.5 Å². The van der Waals surface area contributed by atoms with E-state index in [1.165, 1.54) is 0 Å². The second kappa shape index (κ2) is 8.43. The van der Waals surface area contributed by atoms with Crippen LogP contribution in [0.25, 0.3) is 0 Å². The number of nitrogens with zero attached hydrogens (tertiary/aromatic N) is 1. The van der Waals surface area contributed by atoms with Crippen molar-refractivity contribution in [1.82, 2.24) is 4.90 Å². The molecule has 0 fully saturated rings. The highest BCUT2D eigenvalue weighted by Crippen LogP contribution is 2.25. The lowest BCUT2D eigenvalue weighted by Gasteiger charge is -2.18. The quantitative estimate of drug-likeness (QED) is 0.704. The summed E-state index contributed by atoms with van der Waals surface area (Å²) >= 11 is 0. The Hall–Kier alpha value is -1.75. The largest absolute Gasteiger partial charge is 0.497 e. The molecule has 0 spiro atoms. The van der Waals surface area contributed by atoms with Gasteiger partial charge in [-0.3, -0.25) is 4.79 Å². The number of methoxy groups -OCH3 is 2. The average Bonchev–Trinajstić information content (AvgIpc) is 2.43. The summed E-state index contributed by atoms with van der Waals surface area (Å²) in [7, 11) is 5.29. The van der Waals surface area contributed by atoms with Crippen molar-refractivity contribution in [2.75, 3.05) is 27.8 Å². The Morgan fingerprint density at radius 3 is 2.60 bits per heavy atom. The molecule has 0 bridgehead atoms. The number of benzene rings is 1. The molecule has 0 atom stereocenters. The molecule has 112 valence electrons. The van der Waals surface area contributed by atoms with Gasteiger partial charge >= 0.3 is 5.97 Å². The molecule has 0 unspecified atom stereocenters. The van der Waals surface area contributed by atoms with Gasteiger partial charge in [0, 0.05) is 24.6 Å². The first kappa shape index (κ1) is 16.3. The van der Waals surface area contributed by atoms with Crippen LogP contribution in [0.5, 0.6) is 11.5 Å². The maximum Gasteiger partial charge on any atom is 0.303 e. The zero-order valence-corrected chi connectivity index (χ0v) is 12.4. The van der Waals surface area contributed by atoms with Crippen molar-refractivity contribution in [3.8, 4) is 11.5 Å². The van der Waals surface area contributed by atoms with Crippen molar-refractivity contribution in [3.63, 3.8) is 0 Å². The van der Waals surface area contributed by atoms with E-state index in [1.807, 2.05) is 25.2 Å². The van der Waals surface area contributed by atoms with E-state index < -0.39 is 5.97 Å². The Balaban J connectivity index is 2.48. The number of unbranched alkanes of at least 4 members (excludes halogenated alkanes) is 1. The number of carboxylic acids is 1. The van der Waals surface area contributed by atoms with Crippen LogP contribution in [0.1, 0.15) is 24.8 Å². The summed E-state index contributed by atoms with van der Waals surface area (Å²) in [4.78, 5) is 12.6. The minimum absolute atomic E-state index is 0.236. The van der Waals surface area contributed by atoms with Crippen molar-refractivity contribution in [2.45, 2.75) is 25.8 Å². The van der Waals surface area contributed by atoms with E-state index in [1.54, 1.807) is 14.2 Å². The van der Waals surface area contributed by atoms with Gasteiger partial charge in [0.1, 0.15) is 11.5 Å². The maximum absolute atomic E-state index is 10.4. The predicted octanol–water partition coefficient (Wildman–Crippen LogP) is 2.39. The van der Waals surface area contributed by atoms with Crippen molar-refractivity contribution in [2.24, 2.45) is 0 Å². The summed E-state index contributed by atoms with van der Waals surface area (Å²) < 4.78 is 10.5. The topological polar surface area (TPSA) is 59.0 Å². The molecule has 0 saturated heterocycles. The second-order valence-electron chi connectivity index (χ2n) is 4.77. The van der Waals surface area contributed by atoms with Crippen molar-refractivity contribution < 1.29 is 19.4 Å². The van der Waals surface area contributed by atoms with Crippen LogP contribution in [0.2, 0.25) is 0 Å². The number of hydrogen-bond donors (Lipinski definition) is 1. The number of carboxylic acid groups (broad SMARTS) is 1. The SMILES string of the molecule is COc1ccc(CN(C)CCCCC(=O)O)c(OC)c1. The van der Waals surface area contributed by atoms with Gasteiger partial charge in [-0.25, -0.2) is 0 Å². The highest BCUT2D eigenvalue weighted by molar-refractivity contribution is 5.66. The van der Waals surface area contributed by atoms with E-state index in [4.69, 9.17) is 14.6 Å².